The molecule has 3 atom stereocenters. The van der Waals surface area contributed by atoms with E-state index in [-0.39, 0.29) is 0 Å². The molecule has 0 fully saturated rings. The van der Waals surface area contributed by atoms with Crippen LogP contribution in [-0.2, 0) is 4.74 Å². The summed E-state index contributed by atoms with van der Waals surface area (Å²) < 4.78 is 5.57. The zero-order valence-corrected chi connectivity index (χ0v) is 10.5. The van der Waals surface area contributed by atoms with Gasteiger partial charge in [0.05, 0.1) is 6.10 Å². The highest BCUT2D eigenvalue weighted by Gasteiger charge is 2.23. The van der Waals surface area contributed by atoms with E-state index in [1.165, 1.54) is 12.8 Å². The van der Waals surface area contributed by atoms with Crippen LogP contribution < -0.4 is 5.32 Å². The smallest absolute Gasteiger partial charge is 0.0726 e. The average Bonchev–Trinajstić information content (AvgIpc) is 2.22. The first-order chi connectivity index (χ1) is 6.71. The van der Waals surface area contributed by atoms with Gasteiger partial charge in [-0.05, 0) is 18.9 Å². The van der Waals surface area contributed by atoms with Gasteiger partial charge < -0.3 is 10.1 Å². The van der Waals surface area contributed by atoms with Gasteiger partial charge in [-0.3, -0.25) is 0 Å². The van der Waals surface area contributed by atoms with Crippen LogP contribution in [0.5, 0.6) is 0 Å². The van der Waals surface area contributed by atoms with Crippen molar-refractivity contribution in [3.05, 3.63) is 0 Å². The minimum absolute atomic E-state index is 0.370. The zero-order valence-electron chi connectivity index (χ0n) is 10.5. The Labute approximate surface area is 89.4 Å². The number of hydrogen-bond acceptors (Lipinski definition) is 2. The molecular weight excluding hydrogens is 174 g/mol. The summed E-state index contributed by atoms with van der Waals surface area (Å²) in [6.45, 7) is 9.95. The van der Waals surface area contributed by atoms with E-state index in [4.69, 9.17) is 4.74 Å². The summed E-state index contributed by atoms with van der Waals surface area (Å²) in [5.74, 6) is 0.687. The maximum absolute atomic E-state index is 5.57. The highest BCUT2D eigenvalue weighted by Crippen LogP contribution is 2.17. The van der Waals surface area contributed by atoms with Crippen molar-refractivity contribution in [2.24, 2.45) is 5.92 Å². The van der Waals surface area contributed by atoms with E-state index in [9.17, 15) is 0 Å². The standard InChI is InChI=1S/C12H27NO/c1-6-9-11(14-5)12(13-8-3)10(4)7-2/h10-13H,6-9H2,1-5H3. The van der Waals surface area contributed by atoms with E-state index in [1.54, 1.807) is 0 Å². The predicted molar refractivity (Wildman–Crippen MR) is 62.6 cm³/mol. The van der Waals surface area contributed by atoms with Crippen molar-refractivity contribution >= 4 is 0 Å². The predicted octanol–water partition coefficient (Wildman–Crippen LogP) is 2.83. The van der Waals surface area contributed by atoms with Gasteiger partial charge in [-0.25, -0.2) is 0 Å². The molecule has 0 spiro atoms. The molecule has 0 radical (unpaired) electrons. The van der Waals surface area contributed by atoms with Crippen LogP contribution in [0.2, 0.25) is 0 Å². The fourth-order valence-corrected chi connectivity index (χ4v) is 1.92. The maximum atomic E-state index is 5.57. The molecule has 0 aromatic heterocycles. The summed E-state index contributed by atoms with van der Waals surface area (Å²) in [6.07, 6.45) is 3.92. The van der Waals surface area contributed by atoms with Crippen LogP contribution in [0.15, 0.2) is 0 Å². The van der Waals surface area contributed by atoms with Crippen LogP contribution in [0.3, 0.4) is 0 Å². The molecule has 2 heteroatoms. The van der Waals surface area contributed by atoms with Gasteiger partial charge in [-0.1, -0.05) is 40.5 Å². The Morgan fingerprint density at radius 1 is 1.21 bits per heavy atom. The largest absolute Gasteiger partial charge is 0.380 e. The normalized spacial score (nSPS) is 17.8. The maximum Gasteiger partial charge on any atom is 0.0726 e. The van der Waals surface area contributed by atoms with Crippen LogP contribution in [0, 0.1) is 5.92 Å². The Kier molecular flexibility index (Phi) is 8.20. The molecular formula is C12H27NO. The van der Waals surface area contributed by atoms with E-state index in [1.807, 2.05) is 7.11 Å². The molecule has 0 bridgehead atoms. The molecule has 14 heavy (non-hydrogen) atoms. The number of hydrogen-bond donors (Lipinski definition) is 1. The van der Waals surface area contributed by atoms with Crippen LogP contribution in [0.1, 0.15) is 47.0 Å². The van der Waals surface area contributed by atoms with Crippen molar-refractivity contribution in [3.8, 4) is 0 Å². The Hall–Kier alpha value is -0.0800. The monoisotopic (exact) mass is 201 g/mol. The van der Waals surface area contributed by atoms with Gasteiger partial charge in [-0.2, -0.15) is 0 Å². The molecule has 0 saturated carbocycles. The first kappa shape index (κ1) is 13.9. The van der Waals surface area contributed by atoms with Crippen molar-refractivity contribution in [2.75, 3.05) is 13.7 Å². The van der Waals surface area contributed by atoms with E-state index in [0.29, 0.717) is 18.1 Å². The molecule has 86 valence electrons. The molecule has 0 heterocycles. The molecule has 0 rings (SSSR count). The molecule has 0 aromatic rings. The second kappa shape index (κ2) is 8.25. The minimum Gasteiger partial charge on any atom is -0.380 e. The number of nitrogens with one attached hydrogen (secondary N) is 1. The third kappa shape index (κ3) is 4.43. The van der Waals surface area contributed by atoms with Gasteiger partial charge in [0, 0.05) is 13.2 Å². The lowest BCUT2D eigenvalue weighted by atomic mass is 9.92. The van der Waals surface area contributed by atoms with Crippen molar-refractivity contribution in [1.82, 2.24) is 5.32 Å². The molecule has 0 aliphatic rings. The van der Waals surface area contributed by atoms with Gasteiger partial charge in [0.15, 0.2) is 0 Å². The second-order valence-electron chi connectivity index (χ2n) is 4.03. The van der Waals surface area contributed by atoms with Crippen molar-refractivity contribution in [1.29, 1.82) is 0 Å². The summed E-state index contributed by atoms with van der Waals surface area (Å²) in [7, 11) is 1.83. The Bertz CT molecular complexity index is 127. The SMILES string of the molecule is CCCC(OC)C(NCC)C(C)CC. The molecule has 3 unspecified atom stereocenters. The molecule has 0 saturated heterocycles. The van der Waals surface area contributed by atoms with Crippen molar-refractivity contribution in [3.63, 3.8) is 0 Å². The van der Waals surface area contributed by atoms with Gasteiger partial charge in [0.25, 0.3) is 0 Å². The lowest BCUT2D eigenvalue weighted by Gasteiger charge is -2.31. The number of methoxy groups -OCH3 is 1. The average molecular weight is 201 g/mol. The van der Waals surface area contributed by atoms with Gasteiger partial charge in [-0.15, -0.1) is 0 Å². The quantitative estimate of drug-likeness (QED) is 0.652. The summed E-state index contributed by atoms with van der Waals surface area (Å²) in [5, 5.41) is 3.54. The van der Waals surface area contributed by atoms with Crippen LogP contribution in [-0.4, -0.2) is 25.8 Å². The summed E-state index contributed by atoms with van der Waals surface area (Å²) in [5.41, 5.74) is 0. The van der Waals surface area contributed by atoms with E-state index < -0.39 is 0 Å². The lowest BCUT2D eigenvalue weighted by molar-refractivity contribution is 0.0431. The first-order valence-electron chi connectivity index (χ1n) is 5.97. The molecule has 0 aromatic carbocycles. The van der Waals surface area contributed by atoms with Crippen LogP contribution >= 0.6 is 0 Å². The van der Waals surface area contributed by atoms with Crippen molar-refractivity contribution < 1.29 is 4.74 Å². The zero-order chi connectivity index (χ0) is 11.0. The number of rotatable bonds is 8. The van der Waals surface area contributed by atoms with Gasteiger partial charge in [0.2, 0.25) is 0 Å². The third-order valence-corrected chi connectivity index (χ3v) is 2.97. The summed E-state index contributed by atoms with van der Waals surface area (Å²) >= 11 is 0. The van der Waals surface area contributed by atoms with Gasteiger partial charge in [0.1, 0.15) is 0 Å². The Morgan fingerprint density at radius 2 is 1.86 bits per heavy atom. The van der Waals surface area contributed by atoms with Crippen LogP contribution in [0.25, 0.3) is 0 Å². The molecule has 0 amide bonds. The molecule has 1 N–H and O–H groups in total. The Balaban J connectivity index is 4.25. The molecule has 2 nitrogen and oxygen atoms in total. The molecule has 0 aliphatic heterocycles. The summed E-state index contributed by atoms with van der Waals surface area (Å²) in [4.78, 5) is 0. The second-order valence-corrected chi connectivity index (χ2v) is 4.03. The fraction of sp³-hybridized carbons (Fsp3) is 1.00. The van der Waals surface area contributed by atoms with E-state index in [0.717, 1.165) is 13.0 Å². The van der Waals surface area contributed by atoms with Crippen LogP contribution in [0.4, 0.5) is 0 Å². The minimum atomic E-state index is 0.370. The fourth-order valence-electron chi connectivity index (χ4n) is 1.92. The van der Waals surface area contributed by atoms with Crippen molar-refractivity contribution in [2.45, 2.75) is 59.1 Å². The number of ether oxygens (including phenoxy) is 1. The van der Waals surface area contributed by atoms with E-state index in [2.05, 4.69) is 33.0 Å². The molecule has 0 aliphatic carbocycles. The first-order valence-corrected chi connectivity index (χ1v) is 5.97. The summed E-state index contributed by atoms with van der Waals surface area (Å²) in [6, 6.07) is 0.509. The number of likely N-dealkylation sites (N-methyl/N-ethyl adjacent to an activating group) is 1. The highest BCUT2D eigenvalue weighted by atomic mass is 16.5. The topological polar surface area (TPSA) is 21.3 Å². The Morgan fingerprint density at radius 3 is 2.21 bits per heavy atom. The van der Waals surface area contributed by atoms with Gasteiger partial charge >= 0.3 is 0 Å². The third-order valence-electron chi connectivity index (χ3n) is 2.97. The lowest BCUT2D eigenvalue weighted by Crippen LogP contribution is -2.45. The van der Waals surface area contributed by atoms with E-state index >= 15 is 0 Å². The highest BCUT2D eigenvalue weighted by molar-refractivity contribution is 4.80.